The molecule has 0 fully saturated rings. The van der Waals surface area contributed by atoms with Gasteiger partial charge in [-0.1, -0.05) is 0 Å². The molecule has 0 aliphatic heterocycles. The van der Waals surface area contributed by atoms with Gasteiger partial charge < -0.3 is 14.5 Å². The Hall–Kier alpha value is -2.28. The SMILES string of the molecule is COCCNC(=O)c1nnc(-c2cccnc2)o1. The molecule has 1 N–H and O–H groups in total. The molecule has 0 bridgehead atoms. The van der Waals surface area contributed by atoms with Crippen LogP contribution >= 0.6 is 0 Å². The second-order valence-electron chi connectivity index (χ2n) is 3.40. The second-order valence-corrected chi connectivity index (χ2v) is 3.40. The smallest absolute Gasteiger partial charge is 0.308 e. The van der Waals surface area contributed by atoms with Crippen LogP contribution in [0, 0.1) is 0 Å². The van der Waals surface area contributed by atoms with E-state index in [-0.39, 0.29) is 11.8 Å². The van der Waals surface area contributed by atoms with Crippen molar-refractivity contribution in [2.24, 2.45) is 0 Å². The Bertz CT molecular complexity index is 512. The lowest BCUT2D eigenvalue weighted by Crippen LogP contribution is -2.27. The van der Waals surface area contributed by atoms with Gasteiger partial charge in [0, 0.05) is 26.0 Å². The maximum atomic E-state index is 11.6. The predicted molar refractivity (Wildman–Crippen MR) is 61.7 cm³/mol. The number of aromatic nitrogens is 3. The Balaban J connectivity index is 2.04. The van der Waals surface area contributed by atoms with Crippen LogP contribution in [0.4, 0.5) is 0 Å². The summed E-state index contributed by atoms with van der Waals surface area (Å²) in [5.41, 5.74) is 0.668. The van der Waals surface area contributed by atoms with Gasteiger partial charge in [-0.2, -0.15) is 0 Å². The van der Waals surface area contributed by atoms with E-state index in [1.807, 2.05) is 0 Å². The van der Waals surface area contributed by atoms with Gasteiger partial charge in [-0.25, -0.2) is 0 Å². The molecule has 2 aromatic heterocycles. The summed E-state index contributed by atoms with van der Waals surface area (Å²) in [4.78, 5) is 15.5. The summed E-state index contributed by atoms with van der Waals surface area (Å²) < 4.78 is 10.1. The number of hydrogen-bond donors (Lipinski definition) is 1. The standard InChI is InChI=1S/C11H12N4O3/c1-17-6-5-13-9(16)11-15-14-10(18-11)8-3-2-4-12-7-8/h2-4,7H,5-6H2,1H3,(H,13,16). The Kier molecular flexibility index (Phi) is 3.98. The summed E-state index contributed by atoms with van der Waals surface area (Å²) in [7, 11) is 1.55. The Labute approximate surface area is 103 Å². The van der Waals surface area contributed by atoms with Gasteiger partial charge in [-0.3, -0.25) is 9.78 Å². The fourth-order valence-electron chi connectivity index (χ4n) is 1.26. The highest BCUT2D eigenvalue weighted by molar-refractivity contribution is 5.89. The van der Waals surface area contributed by atoms with Crippen molar-refractivity contribution < 1.29 is 13.9 Å². The number of methoxy groups -OCH3 is 1. The van der Waals surface area contributed by atoms with Gasteiger partial charge in [-0.15, -0.1) is 10.2 Å². The quantitative estimate of drug-likeness (QED) is 0.775. The molecule has 7 heteroatoms. The number of nitrogens with one attached hydrogen (secondary N) is 1. The van der Waals surface area contributed by atoms with E-state index in [1.165, 1.54) is 0 Å². The van der Waals surface area contributed by atoms with Crippen LogP contribution in [0.1, 0.15) is 10.7 Å². The number of amides is 1. The summed E-state index contributed by atoms with van der Waals surface area (Å²) in [6.07, 6.45) is 3.22. The third-order valence-electron chi connectivity index (χ3n) is 2.12. The molecule has 2 rings (SSSR count). The molecule has 0 aliphatic rings. The van der Waals surface area contributed by atoms with Gasteiger partial charge in [0.2, 0.25) is 5.89 Å². The molecule has 18 heavy (non-hydrogen) atoms. The van der Waals surface area contributed by atoms with Crippen LogP contribution in [0.2, 0.25) is 0 Å². The molecule has 0 aliphatic carbocycles. The minimum absolute atomic E-state index is 0.0787. The summed E-state index contributed by atoms with van der Waals surface area (Å²) in [6.45, 7) is 0.815. The molecule has 0 atom stereocenters. The van der Waals surface area contributed by atoms with Crippen molar-refractivity contribution >= 4 is 5.91 Å². The predicted octanol–water partition coefficient (Wildman–Crippen LogP) is 0.508. The van der Waals surface area contributed by atoms with E-state index < -0.39 is 5.91 Å². The summed E-state index contributed by atoms with van der Waals surface area (Å²) in [5, 5.41) is 10.0. The van der Waals surface area contributed by atoms with Gasteiger partial charge in [0.25, 0.3) is 0 Å². The monoisotopic (exact) mass is 248 g/mol. The van der Waals surface area contributed by atoms with E-state index in [0.717, 1.165) is 0 Å². The summed E-state index contributed by atoms with van der Waals surface area (Å²) >= 11 is 0. The Morgan fingerprint density at radius 1 is 1.50 bits per heavy atom. The van der Waals surface area contributed by atoms with Gasteiger partial charge in [0.05, 0.1) is 12.2 Å². The maximum Gasteiger partial charge on any atom is 0.308 e. The molecular formula is C11H12N4O3. The van der Waals surface area contributed by atoms with Crippen molar-refractivity contribution in [3.8, 4) is 11.5 Å². The first-order valence-corrected chi connectivity index (χ1v) is 5.32. The van der Waals surface area contributed by atoms with Gasteiger partial charge in [0.1, 0.15) is 0 Å². The fraction of sp³-hybridized carbons (Fsp3) is 0.273. The zero-order valence-electron chi connectivity index (χ0n) is 9.79. The Morgan fingerprint density at radius 2 is 2.39 bits per heavy atom. The molecule has 0 saturated heterocycles. The minimum atomic E-state index is -0.422. The summed E-state index contributed by atoms with van der Waals surface area (Å²) in [6, 6.07) is 3.52. The maximum absolute atomic E-state index is 11.6. The number of carbonyl (C=O) groups is 1. The summed E-state index contributed by atoms with van der Waals surface area (Å²) in [5.74, 6) is -0.236. The molecule has 0 unspecified atom stereocenters. The van der Waals surface area contributed by atoms with Crippen LogP contribution in [0.5, 0.6) is 0 Å². The highest BCUT2D eigenvalue weighted by Gasteiger charge is 2.15. The van der Waals surface area contributed by atoms with Crippen molar-refractivity contribution in [3.63, 3.8) is 0 Å². The molecule has 7 nitrogen and oxygen atoms in total. The lowest BCUT2D eigenvalue weighted by Gasteiger charge is -1.99. The van der Waals surface area contributed by atoms with Crippen molar-refractivity contribution in [2.45, 2.75) is 0 Å². The normalized spacial score (nSPS) is 10.3. The molecule has 0 aromatic carbocycles. The molecular weight excluding hydrogens is 236 g/mol. The van der Waals surface area contributed by atoms with Crippen LogP contribution in [0.15, 0.2) is 28.9 Å². The highest BCUT2D eigenvalue weighted by atomic mass is 16.5. The zero-order chi connectivity index (χ0) is 12.8. The number of rotatable bonds is 5. The number of carbonyl (C=O) groups excluding carboxylic acids is 1. The first kappa shape index (κ1) is 12.2. The third-order valence-corrected chi connectivity index (χ3v) is 2.12. The van der Waals surface area contributed by atoms with Crippen molar-refractivity contribution in [1.82, 2.24) is 20.5 Å². The van der Waals surface area contributed by atoms with Gasteiger partial charge in [0.15, 0.2) is 0 Å². The molecule has 94 valence electrons. The van der Waals surface area contributed by atoms with E-state index in [9.17, 15) is 4.79 Å². The lowest BCUT2D eigenvalue weighted by atomic mass is 10.3. The third kappa shape index (κ3) is 2.89. The molecule has 0 saturated carbocycles. The van der Waals surface area contributed by atoms with Crippen molar-refractivity contribution in [2.75, 3.05) is 20.3 Å². The van der Waals surface area contributed by atoms with Crippen LogP contribution in [-0.2, 0) is 4.74 Å². The molecule has 2 aromatic rings. The van der Waals surface area contributed by atoms with E-state index >= 15 is 0 Å². The average molecular weight is 248 g/mol. The zero-order valence-corrected chi connectivity index (χ0v) is 9.79. The highest BCUT2D eigenvalue weighted by Crippen LogP contribution is 2.15. The van der Waals surface area contributed by atoms with E-state index in [0.29, 0.717) is 18.7 Å². The topological polar surface area (TPSA) is 90.1 Å². The van der Waals surface area contributed by atoms with Crippen molar-refractivity contribution in [3.05, 3.63) is 30.4 Å². The average Bonchev–Trinajstić information content (AvgIpc) is 2.89. The molecule has 0 spiro atoms. The van der Waals surface area contributed by atoms with Crippen LogP contribution < -0.4 is 5.32 Å². The Morgan fingerprint density at radius 3 is 3.11 bits per heavy atom. The first-order chi connectivity index (χ1) is 8.81. The van der Waals surface area contributed by atoms with Crippen LogP contribution in [-0.4, -0.2) is 41.3 Å². The van der Waals surface area contributed by atoms with Crippen molar-refractivity contribution in [1.29, 1.82) is 0 Å². The van der Waals surface area contributed by atoms with Gasteiger partial charge in [-0.05, 0) is 12.1 Å². The minimum Gasteiger partial charge on any atom is -0.412 e. The first-order valence-electron chi connectivity index (χ1n) is 5.32. The largest absolute Gasteiger partial charge is 0.412 e. The van der Waals surface area contributed by atoms with Crippen LogP contribution in [0.3, 0.4) is 0 Å². The lowest BCUT2D eigenvalue weighted by molar-refractivity contribution is 0.0903. The number of hydrogen-bond acceptors (Lipinski definition) is 6. The van der Waals surface area contributed by atoms with E-state index in [2.05, 4.69) is 20.5 Å². The van der Waals surface area contributed by atoms with E-state index in [1.54, 1.807) is 31.6 Å². The fourth-order valence-corrected chi connectivity index (χ4v) is 1.26. The molecule has 1 amide bonds. The molecule has 2 heterocycles. The second kappa shape index (κ2) is 5.87. The number of nitrogens with zero attached hydrogens (tertiary/aromatic N) is 3. The van der Waals surface area contributed by atoms with Crippen LogP contribution in [0.25, 0.3) is 11.5 Å². The molecule has 0 radical (unpaired) electrons. The number of pyridine rings is 1. The number of ether oxygens (including phenoxy) is 1. The van der Waals surface area contributed by atoms with Gasteiger partial charge >= 0.3 is 11.8 Å². The van der Waals surface area contributed by atoms with E-state index in [4.69, 9.17) is 9.15 Å².